The van der Waals surface area contributed by atoms with Gasteiger partial charge in [-0.15, -0.1) is 11.3 Å². The number of anilines is 1. The Kier molecular flexibility index (Phi) is 6.84. The predicted molar refractivity (Wildman–Crippen MR) is 133 cm³/mol. The van der Waals surface area contributed by atoms with Crippen molar-refractivity contribution >= 4 is 28.8 Å². The second kappa shape index (κ2) is 9.79. The molecule has 33 heavy (non-hydrogen) atoms. The minimum Gasteiger partial charge on any atom is -0.492 e. The van der Waals surface area contributed by atoms with Gasteiger partial charge in [0.2, 0.25) is 5.91 Å². The lowest BCUT2D eigenvalue weighted by atomic mass is 9.80. The number of ether oxygens (including phenoxy) is 1. The molecule has 2 amide bonds. The Balaban J connectivity index is 1.85. The third-order valence-electron chi connectivity index (χ3n) is 5.96. The minimum atomic E-state index is -0.518. The zero-order valence-corrected chi connectivity index (χ0v) is 20.3. The standard InChI is InChI=1S/C27H30N2O3S/c1-5-32-22-14-9-8-13-21(22)28(4)27(31)24-19-11-6-7-12-20(19)26(30)29(17-18(2)3)25(24)23-15-10-16-33-23/h6-16,18,24-25H,5,17H2,1-4H3/t24-,25-/m1/s1. The van der Waals surface area contributed by atoms with Gasteiger partial charge in [0, 0.05) is 24.0 Å². The molecule has 0 aliphatic carbocycles. The monoisotopic (exact) mass is 462 g/mol. The summed E-state index contributed by atoms with van der Waals surface area (Å²) in [5, 5.41) is 2.00. The van der Waals surface area contributed by atoms with E-state index in [1.807, 2.05) is 77.9 Å². The summed E-state index contributed by atoms with van der Waals surface area (Å²) >= 11 is 1.59. The number of benzene rings is 2. The molecule has 1 aromatic heterocycles. The first-order valence-corrected chi connectivity index (χ1v) is 12.2. The normalized spacial score (nSPS) is 17.7. The van der Waals surface area contributed by atoms with E-state index in [1.165, 1.54) is 0 Å². The molecule has 6 heteroatoms. The molecule has 0 spiro atoms. The maximum Gasteiger partial charge on any atom is 0.254 e. The number of para-hydroxylation sites is 2. The summed E-state index contributed by atoms with van der Waals surface area (Å²) in [4.78, 5) is 32.4. The molecule has 3 aromatic rings. The number of carbonyl (C=O) groups is 2. The quantitative estimate of drug-likeness (QED) is 0.449. The molecule has 2 aromatic carbocycles. The van der Waals surface area contributed by atoms with Crippen molar-refractivity contribution in [2.75, 3.05) is 25.1 Å². The molecule has 1 aliphatic heterocycles. The van der Waals surface area contributed by atoms with Crippen molar-refractivity contribution in [3.8, 4) is 5.75 Å². The third kappa shape index (κ3) is 4.40. The number of thiophene rings is 1. The molecule has 1 aliphatic rings. The van der Waals surface area contributed by atoms with Gasteiger partial charge in [-0.2, -0.15) is 0 Å². The van der Waals surface area contributed by atoms with Gasteiger partial charge in [-0.3, -0.25) is 9.59 Å². The molecule has 0 saturated carbocycles. The van der Waals surface area contributed by atoms with E-state index in [2.05, 4.69) is 13.8 Å². The maximum absolute atomic E-state index is 14.2. The van der Waals surface area contributed by atoms with Crippen molar-refractivity contribution in [1.29, 1.82) is 0 Å². The topological polar surface area (TPSA) is 49.9 Å². The predicted octanol–water partition coefficient (Wildman–Crippen LogP) is 5.75. The van der Waals surface area contributed by atoms with Crippen LogP contribution in [0.2, 0.25) is 0 Å². The molecule has 0 saturated heterocycles. The summed E-state index contributed by atoms with van der Waals surface area (Å²) < 4.78 is 5.80. The number of likely N-dealkylation sites (N-methyl/N-ethyl adjacent to an activating group) is 1. The van der Waals surface area contributed by atoms with Crippen molar-refractivity contribution < 1.29 is 14.3 Å². The summed E-state index contributed by atoms with van der Waals surface area (Å²) in [6.07, 6.45) is 0. The van der Waals surface area contributed by atoms with Crippen LogP contribution >= 0.6 is 11.3 Å². The van der Waals surface area contributed by atoms with E-state index in [-0.39, 0.29) is 23.8 Å². The molecule has 0 fully saturated rings. The summed E-state index contributed by atoms with van der Waals surface area (Å²) in [5.41, 5.74) is 2.11. The lowest BCUT2D eigenvalue weighted by molar-refractivity contribution is -0.121. The number of hydrogen-bond donors (Lipinski definition) is 0. The van der Waals surface area contributed by atoms with E-state index in [0.717, 1.165) is 16.1 Å². The van der Waals surface area contributed by atoms with E-state index in [1.54, 1.807) is 23.3 Å². The average molecular weight is 463 g/mol. The highest BCUT2D eigenvalue weighted by Crippen LogP contribution is 2.46. The highest BCUT2D eigenvalue weighted by atomic mass is 32.1. The van der Waals surface area contributed by atoms with E-state index in [4.69, 9.17) is 4.74 Å². The molecular formula is C27H30N2O3S. The Labute approximate surface area is 199 Å². The second-order valence-electron chi connectivity index (χ2n) is 8.67. The van der Waals surface area contributed by atoms with Crippen LogP contribution in [0.4, 0.5) is 5.69 Å². The van der Waals surface area contributed by atoms with Crippen molar-refractivity contribution in [3.05, 3.63) is 82.0 Å². The van der Waals surface area contributed by atoms with Gasteiger partial charge in [0.1, 0.15) is 5.75 Å². The largest absolute Gasteiger partial charge is 0.492 e. The van der Waals surface area contributed by atoms with Crippen molar-refractivity contribution in [1.82, 2.24) is 4.90 Å². The van der Waals surface area contributed by atoms with Gasteiger partial charge in [-0.05, 0) is 48.1 Å². The fourth-order valence-corrected chi connectivity index (χ4v) is 5.44. The zero-order chi connectivity index (χ0) is 23.5. The van der Waals surface area contributed by atoms with Crippen molar-refractivity contribution in [2.45, 2.75) is 32.7 Å². The van der Waals surface area contributed by atoms with Crippen LogP contribution in [0.3, 0.4) is 0 Å². The fraction of sp³-hybridized carbons (Fsp3) is 0.333. The van der Waals surface area contributed by atoms with Crippen LogP contribution < -0.4 is 9.64 Å². The molecule has 0 bridgehead atoms. The lowest BCUT2D eigenvalue weighted by Gasteiger charge is -2.43. The maximum atomic E-state index is 14.2. The van der Waals surface area contributed by atoms with Gasteiger partial charge in [0.05, 0.1) is 24.3 Å². The first-order valence-electron chi connectivity index (χ1n) is 11.4. The minimum absolute atomic E-state index is 0.0147. The Morgan fingerprint density at radius 3 is 2.52 bits per heavy atom. The molecule has 2 atom stereocenters. The first kappa shape index (κ1) is 23.1. The molecule has 5 nitrogen and oxygen atoms in total. The van der Waals surface area contributed by atoms with Crippen LogP contribution in [-0.2, 0) is 4.79 Å². The van der Waals surface area contributed by atoms with Crippen LogP contribution in [0, 0.1) is 5.92 Å². The number of nitrogens with zero attached hydrogens (tertiary/aromatic N) is 2. The summed E-state index contributed by atoms with van der Waals surface area (Å²) in [6.45, 7) is 7.22. The Bertz CT molecular complexity index is 1130. The van der Waals surface area contributed by atoms with Gasteiger partial charge in [-0.1, -0.05) is 50.2 Å². The van der Waals surface area contributed by atoms with Gasteiger partial charge >= 0.3 is 0 Å². The fourth-order valence-electron chi connectivity index (χ4n) is 4.57. The SMILES string of the molecule is CCOc1ccccc1N(C)C(=O)[C@@H]1c2ccccc2C(=O)N(CC(C)C)[C@@H]1c1cccs1. The van der Waals surface area contributed by atoms with E-state index in [0.29, 0.717) is 24.5 Å². The highest BCUT2D eigenvalue weighted by Gasteiger charge is 2.45. The van der Waals surface area contributed by atoms with Gasteiger partial charge < -0.3 is 14.5 Å². The summed E-state index contributed by atoms with van der Waals surface area (Å²) in [5.74, 6) is 0.348. The van der Waals surface area contributed by atoms with E-state index >= 15 is 0 Å². The molecule has 0 radical (unpaired) electrons. The van der Waals surface area contributed by atoms with E-state index in [9.17, 15) is 9.59 Å². The van der Waals surface area contributed by atoms with Crippen LogP contribution in [0.25, 0.3) is 0 Å². The molecule has 0 unspecified atom stereocenters. The number of rotatable bonds is 7. The molecular weight excluding hydrogens is 432 g/mol. The average Bonchev–Trinajstić information content (AvgIpc) is 3.35. The Morgan fingerprint density at radius 1 is 1.09 bits per heavy atom. The Morgan fingerprint density at radius 2 is 1.82 bits per heavy atom. The molecule has 172 valence electrons. The van der Waals surface area contributed by atoms with E-state index < -0.39 is 5.92 Å². The van der Waals surface area contributed by atoms with Crippen molar-refractivity contribution in [3.63, 3.8) is 0 Å². The first-order chi connectivity index (χ1) is 15.9. The molecule has 4 rings (SSSR count). The number of amides is 2. The third-order valence-corrected chi connectivity index (χ3v) is 6.90. The Hall–Kier alpha value is -3.12. The molecule has 2 heterocycles. The van der Waals surface area contributed by atoms with Gasteiger partial charge in [0.25, 0.3) is 5.91 Å². The van der Waals surface area contributed by atoms with Gasteiger partial charge in [0.15, 0.2) is 0 Å². The summed E-state index contributed by atoms with van der Waals surface area (Å²) in [7, 11) is 1.79. The van der Waals surface area contributed by atoms with Crippen LogP contribution in [-0.4, -0.2) is 36.9 Å². The zero-order valence-electron chi connectivity index (χ0n) is 19.5. The van der Waals surface area contributed by atoms with Gasteiger partial charge in [-0.25, -0.2) is 0 Å². The lowest BCUT2D eigenvalue weighted by Crippen LogP contribution is -2.48. The number of hydrogen-bond acceptors (Lipinski definition) is 4. The second-order valence-corrected chi connectivity index (χ2v) is 9.65. The van der Waals surface area contributed by atoms with Crippen LogP contribution in [0.1, 0.15) is 53.5 Å². The van der Waals surface area contributed by atoms with Crippen molar-refractivity contribution in [2.24, 2.45) is 5.92 Å². The summed E-state index contributed by atoms with van der Waals surface area (Å²) in [6, 6.07) is 18.8. The van der Waals surface area contributed by atoms with Crippen LogP contribution in [0.15, 0.2) is 66.0 Å². The number of fused-ring (bicyclic) bond motifs is 1. The van der Waals surface area contributed by atoms with Crippen LogP contribution in [0.5, 0.6) is 5.75 Å². The number of carbonyl (C=O) groups excluding carboxylic acids is 2. The molecule has 0 N–H and O–H groups in total. The highest BCUT2D eigenvalue weighted by molar-refractivity contribution is 7.10. The smallest absolute Gasteiger partial charge is 0.254 e.